The van der Waals surface area contributed by atoms with Crippen LogP contribution in [0.15, 0.2) is 28.0 Å². The minimum absolute atomic E-state index is 0. The topological polar surface area (TPSA) is 63.3 Å². The van der Waals surface area contributed by atoms with Crippen LogP contribution in [0.3, 0.4) is 0 Å². The van der Waals surface area contributed by atoms with E-state index in [9.17, 15) is 4.21 Å². The maximum absolute atomic E-state index is 10.5. The number of nitrogens with two attached hydrogens (primary N) is 1. The summed E-state index contributed by atoms with van der Waals surface area (Å²) in [4.78, 5) is 0.902. The summed E-state index contributed by atoms with van der Waals surface area (Å²) < 4.78 is 19.1. The SMILES string of the molecule is Nc1cc(S(=O)O)ccc1S.[Na+]. The predicted molar refractivity (Wildman–Crippen MR) is 47.1 cm³/mol. The van der Waals surface area contributed by atoms with Gasteiger partial charge in [-0.15, -0.1) is 12.6 Å². The van der Waals surface area contributed by atoms with Gasteiger partial charge < -0.3 is 10.3 Å². The van der Waals surface area contributed by atoms with Crippen LogP contribution in [0.5, 0.6) is 0 Å². The van der Waals surface area contributed by atoms with Crippen molar-refractivity contribution in [3.05, 3.63) is 18.2 Å². The van der Waals surface area contributed by atoms with Crippen LogP contribution in [0.4, 0.5) is 5.69 Å². The zero-order valence-corrected chi connectivity index (χ0v) is 10.2. The molecule has 0 bridgehead atoms. The Morgan fingerprint density at radius 3 is 2.50 bits per heavy atom. The third-order valence-corrected chi connectivity index (χ3v) is 2.27. The van der Waals surface area contributed by atoms with Gasteiger partial charge in [-0.2, -0.15) is 0 Å². The fourth-order valence-corrected chi connectivity index (χ4v) is 1.19. The Bertz CT molecular complexity index is 306. The smallest absolute Gasteiger partial charge is 0.398 e. The van der Waals surface area contributed by atoms with Crippen molar-refractivity contribution in [3.8, 4) is 0 Å². The number of anilines is 1. The second-order valence-corrected chi connectivity index (χ2v) is 3.42. The molecule has 0 aliphatic heterocycles. The predicted octanol–water partition coefficient (Wildman–Crippen LogP) is -1.86. The Labute approximate surface area is 101 Å². The van der Waals surface area contributed by atoms with Crippen molar-refractivity contribution in [2.45, 2.75) is 9.79 Å². The van der Waals surface area contributed by atoms with Gasteiger partial charge in [0.05, 0.1) is 4.90 Å². The first-order valence-electron chi connectivity index (χ1n) is 2.80. The number of hydrogen-bond acceptors (Lipinski definition) is 3. The van der Waals surface area contributed by atoms with Crippen LogP contribution in [0.1, 0.15) is 0 Å². The van der Waals surface area contributed by atoms with Gasteiger partial charge in [-0.3, -0.25) is 0 Å². The van der Waals surface area contributed by atoms with Gasteiger partial charge in [0.1, 0.15) is 0 Å². The van der Waals surface area contributed by atoms with Gasteiger partial charge in [0.25, 0.3) is 0 Å². The molecule has 0 aliphatic carbocycles. The average Bonchev–Trinajstić information content (AvgIpc) is 1.94. The molecule has 0 saturated heterocycles. The standard InChI is InChI=1S/C6H7NO2S2.Na/c7-5-3-4(11(8)9)1-2-6(5)10;/h1-3,10H,7H2,(H,8,9);/q;+1. The zero-order chi connectivity index (χ0) is 8.43. The number of benzene rings is 1. The van der Waals surface area contributed by atoms with Crippen LogP contribution in [0.25, 0.3) is 0 Å². The Kier molecular flexibility index (Phi) is 5.47. The molecule has 0 radical (unpaired) electrons. The Morgan fingerprint density at radius 1 is 1.50 bits per heavy atom. The molecule has 3 nitrogen and oxygen atoms in total. The summed E-state index contributed by atoms with van der Waals surface area (Å²) in [6.45, 7) is 0. The molecule has 6 heteroatoms. The van der Waals surface area contributed by atoms with Crippen LogP contribution >= 0.6 is 12.6 Å². The molecule has 0 aliphatic rings. The van der Waals surface area contributed by atoms with Crippen molar-refractivity contribution in [2.75, 3.05) is 5.73 Å². The first-order chi connectivity index (χ1) is 5.11. The van der Waals surface area contributed by atoms with Gasteiger partial charge in [-0.1, -0.05) is 0 Å². The van der Waals surface area contributed by atoms with Crippen LogP contribution in [0.2, 0.25) is 0 Å². The van der Waals surface area contributed by atoms with Crippen LogP contribution in [0, 0.1) is 0 Å². The normalized spacial score (nSPS) is 11.8. The van der Waals surface area contributed by atoms with Crippen molar-refractivity contribution in [1.29, 1.82) is 0 Å². The molecule has 1 aromatic rings. The summed E-state index contributed by atoms with van der Waals surface area (Å²) in [7, 11) is 0. The maximum Gasteiger partial charge on any atom is 1.00 e. The van der Waals surface area contributed by atoms with E-state index in [0.29, 0.717) is 15.5 Å². The maximum atomic E-state index is 10.5. The van der Waals surface area contributed by atoms with Gasteiger partial charge in [0.15, 0.2) is 11.1 Å². The molecule has 0 saturated carbocycles. The summed E-state index contributed by atoms with van der Waals surface area (Å²) in [5.41, 5.74) is 5.85. The molecule has 0 amide bonds. The Hall–Kier alpha value is 0.480. The van der Waals surface area contributed by atoms with E-state index in [4.69, 9.17) is 10.3 Å². The van der Waals surface area contributed by atoms with E-state index in [1.54, 1.807) is 6.07 Å². The van der Waals surface area contributed by atoms with Gasteiger partial charge in [-0.05, 0) is 18.2 Å². The molecule has 12 heavy (non-hydrogen) atoms. The molecular formula is C6H7NNaO2S2+. The molecule has 3 N–H and O–H groups in total. The van der Waals surface area contributed by atoms with Crippen molar-refractivity contribution in [1.82, 2.24) is 0 Å². The summed E-state index contributed by atoms with van der Waals surface area (Å²) >= 11 is 2.05. The largest absolute Gasteiger partial charge is 1.00 e. The summed E-state index contributed by atoms with van der Waals surface area (Å²) in [6, 6.07) is 4.52. The zero-order valence-electron chi connectivity index (χ0n) is 6.52. The first kappa shape index (κ1) is 12.5. The van der Waals surface area contributed by atoms with Crippen LogP contribution in [-0.2, 0) is 11.1 Å². The van der Waals surface area contributed by atoms with E-state index < -0.39 is 11.1 Å². The summed E-state index contributed by atoms with van der Waals surface area (Å²) in [5, 5.41) is 0. The molecule has 1 aromatic carbocycles. The van der Waals surface area contributed by atoms with E-state index >= 15 is 0 Å². The number of nitrogen functional groups attached to an aromatic ring is 1. The second kappa shape index (κ2) is 5.26. The van der Waals surface area contributed by atoms with E-state index in [1.165, 1.54) is 12.1 Å². The first-order valence-corrected chi connectivity index (χ1v) is 4.36. The summed E-state index contributed by atoms with van der Waals surface area (Å²) in [5.74, 6) is 0. The van der Waals surface area contributed by atoms with E-state index in [0.717, 1.165) is 0 Å². The quantitative estimate of drug-likeness (QED) is 0.221. The number of thiol groups is 1. The molecule has 1 atom stereocenters. The molecule has 1 unspecified atom stereocenters. The van der Waals surface area contributed by atoms with Gasteiger partial charge >= 0.3 is 29.6 Å². The van der Waals surface area contributed by atoms with Gasteiger partial charge in [-0.25, -0.2) is 4.21 Å². The average molecular weight is 212 g/mol. The fraction of sp³-hybridized carbons (Fsp3) is 0. The van der Waals surface area contributed by atoms with Crippen molar-refractivity contribution in [2.24, 2.45) is 0 Å². The van der Waals surface area contributed by atoms with Gasteiger partial charge in [0, 0.05) is 10.6 Å². The molecule has 0 aromatic heterocycles. The minimum atomic E-state index is -1.96. The second-order valence-electron chi connectivity index (χ2n) is 1.97. The fourth-order valence-electron chi connectivity index (χ4n) is 0.641. The summed E-state index contributed by atoms with van der Waals surface area (Å²) in [6.07, 6.45) is 0. The van der Waals surface area contributed by atoms with Crippen LogP contribution in [-0.4, -0.2) is 8.76 Å². The third-order valence-electron chi connectivity index (χ3n) is 1.20. The number of rotatable bonds is 1. The Morgan fingerprint density at radius 2 is 2.08 bits per heavy atom. The minimum Gasteiger partial charge on any atom is -0.398 e. The molecule has 0 fully saturated rings. The molecule has 0 spiro atoms. The third kappa shape index (κ3) is 3.08. The van der Waals surface area contributed by atoms with Crippen molar-refractivity contribution in [3.63, 3.8) is 0 Å². The number of hydrogen-bond donors (Lipinski definition) is 3. The van der Waals surface area contributed by atoms with Crippen molar-refractivity contribution >= 4 is 29.4 Å². The molecule has 1 rings (SSSR count). The monoisotopic (exact) mass is 212 g/mol. The molecule has 0 heterocycles. The van der Waals surface area contributed by atoms with Gasteiger partial charge in [0.2, 0.25) is 0 Å². The van der Waals surface area contributed by atoms with Crippen molar-refractivity contribution < 1.29 is 38.3 Å². The molecule has 60 valence electrons. The van der Waals surface area contributed by atoms with E-state index in [-0.39, 0.29) is 29.6 Å². The Balaban J connectivity index is 0.00000121. The van der Waals surface area contributed by atoms with Crippen LogP contribution < -0.4 is 35.3 Å². The molecular weight excluding hydrogens is 205 g/mol. The van der Waals surface area contributed by atoms with E-state index in [1.807, 2.05) is 0 Å². The van der Waals surface area contributed by atoms with E-state index in [2.05, 4.69) is 12.6 Å².